The molecule has 1 fully saturated rings. The minimum Gasteiger partial charge on any atom is -0.508 e. The average Bonchev–Trinajstić information content (AvgIpc) is 3.64. The summed E-state index contributed by atoms with van der Waals surface area (Å²) in [7, 11) is 0. The molecule has 0 aromatic heterocycles. The van der Waals surface area contributed by atoms with Crippen molar-refractivity contribution in [1.29, 1.82) is 0 Å². The molecule has 0 heterocycles. The van der Waals surface area contributed by atoms with Crippen molar-refractivity contribution in [2.75, 3.05) is 0 Å². The summed E-state index contributed by atoms with van der Waals surface area (Å²) in [5.41, 5.74) is 4.20. The molecule has 0 aliphatic heterocycles. The Hall–Kier alpha value is -4.05. The van der Waals surface area contributed by atoms with Crippen molar-refractivity contribution in [3.63, 3.8) is 0 Å². The van der Waals surface area contributed by atoms with Gasteiger partial charge < -0.3 is 14.9 Å². The largest absolute Gasteiger partial charge is 0.508 e. The Kier molecular flexibility index (Phi) is 5.12. The minimum atomic E-state index is -0.982. The Labute approximate surface area is 186 Å². The smallest absolute Gasteiger partial charge is 0.328 e. The van der Waals surface area contributed by atoms with Crippen molar-refractivity contribution >= 4 is 22.8 Å². The van der Waals surface area contributed by atoms with E-state index in [9.17, 15) is 9.90 Å². The lowest BCUT2D eigenvalue weighted by atomic mass is 9.91. The van der Waals surface area contributed by atoms with E-state index in [4.69, 9.17) is 9.84 Å². The van der Waals surface area contributed by atoms with Gasteiger partial charge in [0.05, 0.1) is 0 Å². The highest BCUT2D eigenvalue weighted by Crippen LogP contribution is 2.51. The standard InChI is InChI=1S/C28H22O4/c29-22-11-14-24-21(16-22)17-25(19-9-10-19)27(20-4-2-1-3-5-20)28(24)32-23-12-6-18(7-13-23)8-15-26(30)31/h1-8,11-17,19,29H,9-10H2,(H,30,31)/b15-8+. The molecule has 2 N–H and O–H groups in total. The quantitative estimate of drug-likeness (QED) is 0.329. The molecule has 4 heteroatoms. The number of rotatable bonds is 6. The van der Waals surface area contributed by atoms with Gasteiger partial charge in [0.15, 0.2) is 0 Å². The van der Waals surface area contributed by atoms with Gasteiger partial charge in [0.1, 0.15) is 17.2 Å². The first-order chi connectivity index (χ1) is 15.6. The summed E-state index contributed by atoms with van der Waals surface area (Å²) >= 11 is 0. The van der Waals surface area contributed by atoms with E-state index in [1.54, 1.807) is 18.2 Å². The van der Waals surface area contributed by atoms with E-state index in [-0.39, 0.29) is 5.75 Å². The monoisotopic (exact) mass is 422 g/mol. The predicted molar refractivity (Wildman–Crippen MR) is 126 cm³/mol. The zero-order valence-electron chi connectivity index (χ0n) is 17.4. The van der Waals surface area contributed by atoms with Crippen LogP contribution in [-0.2, 0) is 4.79 Å². The highest BCUT2D eigenvalue weighted by atomic mass is 16.5. The molecule has 0 bridgehead atoms. The summed E-state index contributed by atoms with van der Waals surface area (Å²) in [5, 5.41) is 20.8. The maximum Gasteiger partial charge on any atom is 0.328 e. The van der Waals surface area contributed by atoms with Crippen molar-refractivity contribution in [1.82, 2.24) is 0 Å². The molecule has 158 valence electrons. The molecule has 0 unspecified atom stereocenters. The molecule has 4 nitrogen and oxygen atoms in total. The fourth-order valence-electron chi connectivity index (χ4n) is 4.04. The lowest BCUT2D eigenvalue weighted by molar-refractivity contribution is -0.131. The second-order valence-corrected chi connectivity index (χ2v) is 8.06. The number of phenols is 1. The van der Waals surface area contributed by atoms with Gasteiger partial charge in [0, 0.05) is 17.0 Å². The first kappa shape index (κ1) is 19.9. The normalized spacial score (nSPS) is 13.5. The highest BCUT2D eigenvalue weighted by molar-refractivity contribution is 5.98. The minimum absolute atomic E-state index is 0.229. The summed E-state index contributed by atoms with van der Waals surface area (Å²) < 4.78 is 6.49. The Bertz CT molecular complexity index is 1320. The summed E-state index contributed by atoms with van der Waals surface area (Å²) in [6.07, 6.45) is 4.96. The number of benzene rings is 4. The maximum atomic E-state index is 10.8. The van der Waals surface area contributed by atoms with Crippen LogP contribution in [0.2, 0.25) is 0 Å². The van der Waals surface area contributed by atoms with Crippen LogP contribution in [0, 0.1) is 0 Å². The van der Waals surface area contributed by atoms with Gasteiger partial charge in [-0.25, -0.2) is 4.79 Å². The molecular weight excluding hydrogens is 400 g/mol. The van der Waals surface area contributed by atoms with Crippen LogP contribution < -0.4 is 4.74 Å². The molecule has 0 radical (unpaired) electrons. The van der Waals surface area contributed by atoms with Crippen LogP contribution in [-0.4, -0.2) is 16.2 Å². The topological polar surface area (TPSA) is 66.8 Å². The fourth-order valence-corrected chi connectivity index (χ4v) is 4.04. The van der Waals surface area contributed by atoms with E-state index in [1.807, 2.05) is 48.5 Å². The molecule has 0 spiro atoms. The molecular formula is C28H22O4. The van der Waals surface area contributed by atoms with Crippen molar-refractivity contribution < 1.29 is 19.7 Å². The third kappa shape index (κ3) is 4.08. The summed E-state index contributed by atoms with van der Waals surface area (Å²) in [5.74, 6) is 1.17. The van der Waals surface area contributed by atoms with Gasteiger partial charge in [0.25, 0.3) is 0 Å². The van der Waals surface area contributed by atoms with Crippen molar-refractivity contribution in [2.45, 2.75) is 18.8 Å². The van der Waals surface area contributed by atoms with Gasteiger partial charge in [-0.3, -0.25) is 0 Å². The third-order valence-corrected chi connectivity index (χ3v) is 5.70. The molecule has 0 atom stereocenters. The Morgan fingerprint density at radius 2 is 1.69 bits per heavy atom. The van der Waals surface area contributed by atoms with E-state index >= 15 is 0 Å². The average molecular weight is 422 g/mol. The molecule has 32 heavy (non-hydrogen) atoms. The van der Waals surface area contributed by atoms with Gasteiger partial charge in [-0.1, -0.05) is 42.5 Å². The number of ether oxygens (including phenoxy) is 1. The summed E-state index contributed by atoms with van der Waals surface area (Å²) in [4.78, 5) is 10.8. The second kappa shape index (κ2) is 8.23. The van der Waals surface area contributed by atoms with E-state index in [1.165, 1.54) is 5.56 Å². The van der Waals surface area contributed by atoms with Crippen molar-refractivity contribution in [3.05, 3.63) is 96.1 Å². The number of carboxylic acids is 1. The zero-order valence-corrected chi connectivity index (χ0v) is 17.4. The number of fused-ring (bicyclic) bond motifs is 1. The van der Waals surface area contributed by atoms with Crippen LogP contribution >= 0.6 is 0 Å². The number of carboxylic acid groups (broad SMARTS) is 1. The molecule has 4 aromatic rings. The van der Waals surface area contributed by atoms with E-state index in [2.05, 4.69) is 18.2 Å². The van der Waals surface area contributed by atoms with Crippen LogP contribution in [0.1, 0.15) is 29.9 Å². The third-order valence-electron chi connectivity index (χ3n) is 5.70. The number of carbonyl (C=O) groups is 1. The number of phenolic OH excluding ortho intramolecular Hbond substituents is 1. The van der Waals surface area contributed by atoms with Crippen LogP contribution in [0.4, 0.5) is 0 Å². The van der Waals surface area contributed by atoms with Crippen LogP contribution in [0.5, 0.6) is 17.2 Å². The molecule has 4 aromatic carbocycles. The zero-order chi connectivity index (χ0) is 22.1. The molecule has 0 amide bonds. The lowest BCUT2D eigenvalue weighted by Crippen LogP contribution is -1.96. The van der Waals surface area contributed by atoms with Crippen LogP contribution in [0.25, 0.3) is 28.0 Å². The Balaban J connectivity index is 1.66. The van der Waals surface area contributed by atoms with E-state index in [0.29, 0.717) is 11.7 Å². The van der Waals surface area contributed by atoms with Gasteiger partial charge >= 0.3 is 5.97 Å². The van der Waals surface area contributed by atoms with E-state index < -0.39 is 5.97 Å². The lowest BCUT2D eigenvalue weighted by Gasteiger charge is -2.19. The van der Waals surface area contributed by atoms with E-state index in [0.717, 1.165) is 52.1 Å². The molecule has 1 saturated carbocycles. The first-order valence-electron chi connectivity index (χ1n) is 10.6. The summed E-state index contributed by atoms with van der Waals surface area (Å²) in [6.45, 7) is 0. The van der Waals surface area contributed by atoms with Crippen LogP contribution in [0.3, 0.4) is 0 Å². The van der Waals surface area contributed by atoms with Gasteiger partial charge in [-0.15, -0.1) is 0 Å². The summed E-state index contributed by atoms with van der Waals surface area (Å²) in [6, 6.07) is 25.1. The highest BCUT2D eigenvalue weighted by Gasteiger charge is 2.29. The maximum absolute atomic E-state index is 10.8. The van der Waals surface area contributed by atoms with Gasteiger partial charge in [-0.05, 0) is 83.3 Å². The Morgan fingerprint density at radius 3 is 2.38 bits per heavy atom. The van der Waals surface area contributed by atoms with Gasteiger partial charge in [-0.2, -0.15) is 0 Å². The predicted octanol–water partition coefficient (Wildman–Crippen LogP) is 6.98. The molecule has 0 saturated heterocycles. The van der Waals surface area contributed by atoms with Crippen molar-refractivity contribution in [3.8, 4) is 28.4 Å². The van der Waals surface area contributed by atoms with Gasteiger partial charge in [0.2, 0.25) is 0 Å². The van der Waals surface area contributed by atoms with Crippen LogP contribution in [0.15, 0.2) is 84.9 Å². The van der Waals surface area contributed by atoms with Crippen molar-refractivity contribution in [2.24, 2.45) is 0 Å². The Morgan fingerprint density at radius 1 is 0.938 bits per heavy atom. The fraction of sp³-hybridized carbons (Fsp3) is 0.107. The first-order valence-corrected chi connectivity index (χ1v) is 10.6. The molecule has 5 rings (SSSR count). The molecule has 1 aliphatic carbocycles. The number of aromatic hydroxyl groups is 1. The SMILES string of the molecule is O=C(O)/C=C/c1ccc(Oc2c(-c3ccccc3)c(C3CC3)cc3cc(O)ccc23)cc1. The second-order valence-electron chi connectivity index (χ2n) is 8.06. The number of aliphatic carboxylic acids is 1. The number of hydrogen-bond donors (Lipinski definition) is 2. The molecule has 1 aliphatic rings. The number of hydrogen-bond acceptors (Lipinski definition) is 3.